The van der Waals surface area contributed by atoms with Crippen LogP contribution in [0.1, 0.15) is 29.2 Å². The largest absolute Gasteiger partial charge is 0.129 e. The van der Waals surface area contributed by atoms with Gasteiger partial charge in [0.25, 0.3) is 0 Å². The normalized spacial score (nSPS) is 17.6. The molecule has 0 spiro atoms. The van der Waals surface area contributed by atoms with Crippen molar-refractivity contribution in [2.24, 2.45) is 0 Å². The van der Waals surface area contributed by atoms with Crippen molar-refractivity contribution in [3.05, 3.63) is 144 Å². The van der Waals surface area contributed by atoms with Crippen molar-refractivity contribution >= 4 is 23.5 Å². The summed E-state index contributed by atoms with van der Waals surface area (Å²) in [5.74, 6) is 0. The minimum absolute atomic E-state index is 0.248. The molecule has 1 fully saturated rings. The van der Waals surface area contributed by atoms with E-state index in [0.717, 1.165) is 0 Å². The minimum atomic E-state index is -0.248. The molecule has 1 aliphatic heterocycles. The van der Waals surface area contributed by atoms with E-state index in [0.29, 0.717) is 4.58 Å². The Morgan fingerprint density at radius 1 is 0.433 bits per heavy atom. The lowest BCUT2D eigenvalue weighted by Gasteiger charge is -2.46. The lowest BCUT2D eigenvalue weighted by Crippen LogP contribution is -2.43. The van der Waals surface area contributed by atoms with Gasteiger partial charge < -0.3 is 0 Å². The Labute approximate surface area is 187 Å². The van der Waals surface area contributed by atoms with Crippen molar-refractivity contribution in [1.82, 2.24) is 0 Å². The molecule has 4 aromatic carbocycles. The molecule has 0 amide bonds. The Balaban J connectivity index is 1.93. The maximum atomic E-state index is 2.35. The Bertz CT molecular complexity index is 922. The molecule has 0 nitrogen and oxygen atoms in total. The topological polar surface area (TPSA) is 0 Å². The van der Waals surface area contributed by atoms with Gasteiger partial charge in [0.15, 0.2) is 0 Å². The van der Waals surface area contributed by atoms with E-state index in [1.54, 1.807) is 0 Å². The fourth-order valence-electron chi connectivity index (χ4n) is 4.80. The lowest BCUT2D eigenvalue weighted by molar-refractivity contribution is 0.593. The van der Waals surface area contributed by atoms with E-state index in [-0.39, 0.29) is 9.49 Å². The standard InChI is InChI=1S/C28H24S2/c1-22-29-27(23-14-6-2-7-15-23,24-16-8-3-9-17-24)28(30-22,25-18-10-4-11-19-25)26-20-12-5-13-21-26/h2-22H,1H3. The van der Waals surface area contributed by atoms with Crippen molar-refractivity contribution < 1.29 is 0 Å². The summed E-state index contributed by atoms with van der Waals surface area (Å²) in [6, 6.07) is 44.3. The van der Waals surface area contributed by atoms with Crippen LogP contribution in [-0.4, -0.2) is 4.58 Å². The van der Waals surface area contributed by atoms with Gasteiger partial charge in [-0.3, -0.25) is 0 Å². The summed E-state index contributed by atoms with van der Waals surface area (Å²) in [6.07, 6.45) is 0. The fourth-order valence-corrected chi connectivity index (χ4v) is 9.03. The Kier molecular flexibility index (Phi) is 5.22. The highest BCUT2D eigenvalue weighted by atomic mass is 32.2. The van der Waals surface area contributed by atoms with Crippen molar-refractivity contribution in [2.45, 2.75) is 21.0 Å². The molecule has 148 valence electrons. The third-order valence-corrected chi connectivity index (χ3v) is 9.54. The summed E-state index contributed by atoms with van der Waals surface area (Å²) < 4.78 is -0.0595. The Hall–Kier alpha value is -2.42. The Morgan fingerprint density at radius 2 is 0.667 bits per heavy atom. The minimum Gasteiger partial charge on any atom is -0.129 e. The van der Waals surface area contributed by atoms with Crippen LogP contribution in [0.25, 0.3) is 0 Å². The van der Waals surface area contributed by atoms with Gasteiger partial charge in [-0.25, -0.2) is 0 Å². The van der Waals surface area contributed by atoms with Crippen LogP contribution < -0.4 is 0 Å². The molecule has 0 N–H and O–H groups in total. The van der Waals surface area contributed by atoms with E-state index in [1.807, 2.05) is 0 Å². The van der Waals surface area contributed by atoms with Gasteiger partial charge >= 0.3 is 0 Å². The maximum Gasteiger partial charge on any atom is 0.0897 e. The smallest absolute Gasteiger partial charge is 0.0897 e. The summed E-state index contributed by atoms with van der Waals surface area (Å²) >= 11 is 4.16. The molecule has 0 saturated carbocycles. The zero-order chi connectivity index (χ0) is 20.4. The molecular weight excluding hydrogens is 400 g/mol. The second-order valence-corrected chi connectivity index (χ2v) is 11.0. The molecule has 1 heterocycles. The molecule has 30 heavy (non-hydrogen) atoms. The summed E-state index contributed by atoms with van der Waals surface area (Å²) in [5.41, 5.74) is 5.41. The van der Waals surface area contributed by atoms with E-state index in [2.05, 4.69) is 152 Å². The van der Waals surface area contributed by atoms with Crippen LogP contribution in [0, 0.1) is 0 Å². The second kappa shape index (κ2) is 8.02. The van der Waals surface area contributed by atoms with E-state index >= 15 is 0 Å². The van der Waals surface area contributed by atoms with Gasteiger partial charge in [-0.2, -0.15) is 0 Å². The van der Waals surface area contributed by atoms with Gasteiger partial charge in [-0.05, 0) is 29.2 Å². The average Bonchev–Trinajstić information content (AvgIpc) is 3.16. The quantitative estimate of drug-likeness (QED) is 0.329. The van der Waals surface area contributed by atoms with Crippen LogP contribution in [0.5, 0.6) is 0 Å². The first-order chi connectivity index (χ1) is 14.8. The summed E-state index contributed by atoms with van der Waals surface area (Å²) in [7, 11) is 0. The molecule has 0 atom stereocenters. The van der Waals surface area contributed by atoms with E-state index in [4.69, 9.17) is 0 Å². The number of benzene rings is 4. The SMILES string of the molecule is CC1SC(c2ccccc2)(c2ccccc2)C(c2ccccc2)(c2ccccc2)S1. The molecule has 0 radical (unpaired) electrons. The summed E-state index contributed by atoms with van der Waals surface area (Å²) in [6.45, 7) is 2.35. The van der Waals surface area contributed by atoms with E-state index < -0.39 is 0 Å². The first-order valence-corrected chi connectivity index (χ1v) is 12.1. The summed E-state index contributed by atoms with van der Waals surface area (Å²) in [4.78, 5) is 0. The number of hydrogen-bond donors (Lipinski definition) is 0. The molecule has 0 bridgehead atoms. The third-order valence-electron chi connectivity index (χ3n) is 5.90. The first kappa shape index (κ1) is 19.5. The summed E-state index contributed by atoms with van der Waals surface area (Å²) in [5, 5.41) is 0. The van der Waals surface area contributed by atoms with Crippen LogP contribution in [-0.2, 0) is 9.49 Å². The predicted molar refractivity (Wildman–Crippen MR) is 132 cm³/mol. The van der Waals surface area contributed by atoms with Crippen molar-refractivity contribution in [1.29, 1.82) is 0 Å². The van der Waals surface area contributed by atoms with E-state index in [9.17, 15) is 0 Å². The molecule has 2 heteroatoms. The maximum absolute atomic E-state index is 2.35. The van der Waals surface area contributed by atoms with Gasteiger partial charge in [-0.1, -0.05) is 121 Å². The molecule has 0 aliphatic carbocycles. The predicted octanol–water partition coefficient (Wildman–Crippen LogP) is 7.70. The molecule has 4 aromatic rings. The highest BCUT2D eigenvalue weighted by molar-refractivity contribution is 8.21. The highest BCUT2D eigenvalue weighted by Crippen LogP contribution is 2.72. The first-order valence-electron chi connectivity index (χ1n) is 10.3. The number of hydrogen-bond acceptors (Lipinski definition) is 2. The molecule has 1 aliphatic rings. The Morgan fingerprint density at radius 3 is 0.900 bits per heavy atom. The van der Waals surface area contributed by atoms with Gasteiger partial charge in [-0.15, -0.1) is 23.5 Å². The number of rotatable bonds is 4. The zero-order valence-corrected chi connectivity index (χ0v) is 18.6. The van der Waals surface area contributed by atoms with Crippen LogP contribution in [0.2, 0.25) is 0 Å². The molecule has 0 unspecified atom stereocenters. The van der Waals surface area contributed by atoms with Crippen LogP contribution in [0.4, 0.5) is 0 Å². The molecule has 1 saturated heterocycles. The van der Waals surface area contributed by atoms with Gasteiger partial charge in [0.05, 0.1) is 14.1 Å². The van der Waals surface area contributed by atoms with Crippen LogP contribution in [0.15, 0.2) is 121 Å². The second-order valence-electron chi connectivity index (χ2n) is 7.63. The van der Waals surface area contributed by atoms with Crippen molar-refractivity contribution in [2.75, 3.05) is 0 Å². The van der Waals surface area contributed by atoms with Crippen LogP contribution in [0.3, 0.4) is 0 Å². The van der Waals surface area contributed by atoms with Crippen molar-refractivity contribution in [3.8, 4) is 0 Å². The van der Waals surface area contributed by atoms with Crippen LogP contribution >= 0.6 is 23.5 Å². The highest BCUT2D eigenvalue weighted by Gasteiger charge is 2.62. The monoisotopic (exact) mass is 424 g/mol. The molecule has 5 rings (SSSR count). The van der Waals surface area contributed by atoms with Gasteiger partial charge in [0.1, 0.15) is 0 Å². The lowest BCUT2D eigenvalue weighted by atomic mass is 9.72. The number of thioether (sulfide) groups is 2. The third kappa shape index (κ3) is 2.93. The fraction of sp³-hybridized carbons (Fsp3) is 0.143. The van der Waals surface area contributed by atoms with Gasteiger partial charge in [0.2, 0.25) is 0 Å². The van der Waals surface area contributed by atoms with Crippen molar-refractivity contribution in [3.63, 3.8) is 0 Å². The van der Waals surface area contributed by atoms with Gasteiger partial charge in [0, 0.05) is 0 Å². The average molecular weight is 425 g/mol. The molecular formula is C28H24S2. The van der Waals surface area contributed by atoms with E-state index in [1.165, 1.54) is 22.3 Å². The zero-order valence-electron chi connectivity index (χ0n) is 16.9. The molecule has 0 aromatic heterocycles.